The van der Waals surface area contributed by atoms with Gasteiger partial charge >= 0.3 is 6.61 Å². The standard InChI is InChI=1S/C22H26F2N2O5/c1-4-29-18-11-8-16(12-19(18)30-5-2)21(28)25-13-20(27)26(3)14-15-6-9-17(10-7-15)31-22(23)24/h6-12,22H,4-5,13-14H2,1-3H3,(H,25,28). The molecule has 0 spiro atoms. The van der Waals surface area contributed by atoms with Crippen LogP contribution in [-0.4, -0.2) is 50.1 Å². The molecule has 0 aliphatic carbocycles. The molecule has 0 bridgehead atoms. The van der Waals surface area contributed by atoms with Gasteiger partial charge in [0, 0.05) is 19.2 Å². The summed E-state index contributed by atoms with van der Waals surface area (Å²) in [6, 6.07) is 10.8. The first-order valence-corrected chi connectivity index (χ1v) is 9.79. The topological polar surface area (TPSA) is 77.1 Å². The van der Waals surface area contributed by atoms with Crippen molar-refractivity contribution in [2.75, 3.05) is 26.8 Å². The second-order valence-electron chi connectivity index (χ2n) is 6.48. The number of hydrogen-bond donors (Lipinski definition) is 1. The number of alkyl halides is 2. The lowest BCUT2D eigenvalue weighted by Crippen LogP contribution is -2.37. The summed E-state index contributed by atoms with van der Waals surface area (Å²) in [4.78, 5) is 26.2. The molecule has 0 aliphatic rings. The van der Waals surface area contributed by atoms with Gasteiger partial charge in [0.05, 0.1) is 19.8 Å². The van der Waals surface area contributed by atoms with Crippen LogP contribution in [0.2, 0.25) is 0 Å². The fraction of sp³-hybridized carbons (Fsp3) is 0.364. The van der Waals surface area contributed by atoms with Gasteiger partial charge in [-0.25, -0.2) is 0 Å². The molecule has 0 saturated carbocycles. The maximum Gasteiger partial charge on any atom is 0.387 e. The smallest absolute Gasteiger partial charge is 0.387 e. The van der Waals surface area contributed by atoms with Crippen LogP contribution in [0.1, 0.15) is 29.8 Å². The Morgan fingerprint density at radius 1 is 1.00 bits per heavy atom. The van der Waals surface area contributed by atoms with E-state index in [0.29, 0.717) is 30.3 Å². The van der Waals surface area contributed by atoms with E-state index in [-0.39, 0.29) is 24.7 Å². The number of ether oxygens (including phenoxy) is 3. The van der Waals surface area contributed by atoms with E-state index in [4.69, 9.17) is 9.47 Å². The number of amides is 2. The summed E-state index contributed by atoms with van der Waals surface area (Å²) in [6.07, 6.45) is 0. The molecule has 9 heteroatoms. The van der Waals surface area contributed by atoms with Gasteiger partial charge in [0.15, 0.2) is 11.5 Å². The third kappa shape index (κ3) is 7.44. The fourth-order valence-corrected chi connectivity index (χ4v) is 2.72. The highest BCUT2D eigenvalue weighted by molar-refractivity contribution is 5.97. The SMILES string of the molecule is CCOc1ccc(C(=O)NCC(=O)N(C)Cc2ccc(OC(F)F)cc2)cc1OCC. The summed E-state index contributed by atoms with van der Waals surface area (Å²) in [5.41, 5.74) is 1.08. The first-order chi connectivity index (χ1) is 14.8. The minimum Gasteiger partial charge on any atom is -0.490 e. The molecule has 0 aromatic heterocycles. The lowest BCUT2D eigenvalue weighted by Gasteiger charge is -2.18. The quantitative estimate of drug-likeness (QED) is 0.584. The molecule has 0 unspecified atom stereocenters. The zero-order chi connectivity index (χ0) is 22.8. The largest absolute Gasteiger partial charge is 0.490 e. The highest BCUT2D eigenvalue weighted by Gasteiger charge is 2.15. The van der Waals surface area contributed by atoms with Crippen LogP contribution in [0.25, 0.3) is 0 Å². The van der Waals surface area contributed by atoms with Crippen molar-refractivity contribution >= 4 is 11.8 Å². The maximum absolute atomic E-state index is 12.4. The normalized spacial score (nSPS) is 10.5. The Morgan fingerprint density at radius 3 is 2.26 bits per heavy atom. The predicted molar refractivity (Wildman–Crippen MR) is 111 cm³/mol. The van der Waals surface area contributed by atoms with Crippen molar-refractivity contribution in [1.29, 1.82) is 0 Å². The third-order valence-corrected chi connectivity index (χ3v) is 4.20. The van der Waals surface area contributed by atoms with Crippen LogP contribution in [0.15, 0.2) is 42.5 Å². The molecule has 0 radical (unpaired) electrons. The van der Waals surface area contributed by atoms with Crippen molar-refractivity contribution < 1.29 is 32.6 Å². The highest BCUT2D eigenvalue weighted by atomic mass is 19.3. The van der Waals surface area contributed by atoms with E-state index < -0.39 is 12.5 Å². The number of nitrogens with one attached hydrogen (secondary N) is 1. The molecule has 1 N–H and O–H groups in total. The van der Waals surface area contributed by atoms with Crippen LogP contribution in [0.3, 0.4) is 0 Å². The van der Waals surface area contributed by atoms with Gasteiger partial charge in [-0.15, -0.1) is 0 Å². The second kappa shape index (κ2) is 11.7. The molecule has 0 saturated heterocycles. The Hall–Kier alpha value is -3.36. The molecule has 2 amide bonds. The number of nitrogens with zero attached hydrogens (tertiary/aromatic N) is 1. The predicted octanol–water partition coefficient (Wildman–Crippen LogP) is 3.47. The Bertz CT molecular complexity index is 875. The zero-order valence-corrected chi connectivity index (χ0v) is 17.7. The van der Waals surface area contributed by atoms with Gasteiger partial charge in [0.2, 0.25) is 5.91 Å². The van der Waals surface area contributed by atoms with Crippen LogP contribution < -0.4 is 19.5 Å². The average Bonchev–Trinajstić information content (AvgIpc) is 2.74. The van der Waals surface area contributed by atoms with E-state index >= 15 is 0 Å². The highest BCUT2D eigenvalue weighted by Crippen LogP contribution is 2.28. The van der Waals surface area contributed by atoms with Crippen LogP contribution in [0.4, 0.5) is 8.78 Å². The molecule has 168 valence electrons. The molecule has 0 atom stereocenters. The summed E-state index contributed by atoms with van der Waals surface area (Å²) in [7, 11) is 1.59. The maximum atomic E-state index is 12.4. The number of carbonyl (C=O) groups is 2. The van der Waals surface area contributed by atoms with Gasteiger partial charge in [-0.2, -0.15) is 8.78 Å². The van der Waals surface area contributed by atoms with Crippen molar-refractivity contribution in [2.45, 2.75) is 27.0 Å². The van der Waals surface area contributed by atoms with E-state index in [9.17, 15) is 18.4 Å². The van der Waals surface area contributed by atoms with Gasteiger partial charge in [0.1, 0.15) is 5.75 Å². The minimum atomic E-state index is -2.89. The number of likely N-dealkylation sites (N-methyl/N-ethyl adjacent to an activating group) is 1. The van der Waals surface area contributed by atoms with Gasteiger partial charge in [-0.3, -0.25) is 9.59 Å². The molecule has 0 aliphatic heterocycles. The summed E-state index contributed by atoms with van der Waals surface area (Å²) in [5, 5.41) is 2.59. The van der Waals surface area contributed by atoms with Gasteiger partial charge in [-0.1, -0.05) is 12.1 Å². The molecule has 0 fully saturated rings. The first kappa shape index (κ1) is 23.9. The third-order valence-electron chi connectivity index (χ3n) is 4.20. The first-order valence-electron chi connectivity index (χ1n) is 9.79. The molecule has 2 aromatic rings. The monoisotopic (exact) mass is 436 g/mol. The minimum absolute atomic E-state index is 0.0433. The molecule has 31 heavy (non-hydrogen) atoms. The van der Waals surface area contributed by atoms with Gasteiger partial charge in [-0.05, 0) is 49.7 Å². The molecular formula is C22H26F2N2O5. The van der Waals surface area contributed by atoms with Crippen molar-refractivity contribution in [3.63, 3.8) is 0 Å². The summed E-state index contributed by atoms with van der Waals surface area (Å²) in [6.45, 7) is 1.73. The lowest BCUT2D eigenvalue weighted by atomic mass is 10.2. The number of benzene rings is 2. The van der Waals surface area contributed by atoms with E-state index in [1.807, 2.05) is 13.8 Å². The van der Waals surface area contributed by atoms with Crippen molar-refractivity contribution in [1.82, 2.24) is 10.2 Å². The Balaban J connectivity index is 1.90. The lowest BCUT2D eigenvalue weighted by molar-refractivity contribution is -0.129. The average molecular weight is 436 g/mol. The van der Waals surface area contributed by atoms with Crippen molar-refractivity contribution in [3.05, 3.63) is 53.6 Å². The van der Waals surface area contributed by atoms with Crippen LogP contribution in [0.5, 0.6) is 17.2 Å². The Morgan fingerprint density at radius 2 is 1.65 bits per heavy atom. The molecule has 2 rings (SSSR count). The van der Waals surface area contributed by atoms with E-state index in [0.717, 1.165) is 5.56 Å². The molecular weight excluding hydrogens is 410 g/mol. The van der Waals surface area contributed by atoms with E-state index in [2.05, 4.69) is 10.1 Å². The van der Waals surface area contributed by atoms with Crippen molar-refractivity contribution in [3.8, 4) is 17.2 Å². The van der Waals surface area contributed by atoms with Crippen molar-refractivity contribution in [2.24, 2.45) is 0 Å². The molecule has 2 aromatic carbocycles. The van der Waals surface area contributed by atoms with Gasteiger partial charge in [0.25, 0.3) is 5.91 Å². The second-order valence-corrected chi connectivity index (χ2v) is 6.48. The van der Waals surface area contributed by atoms with Crippen LogP contribution >= 0.6 is 0 Å². The number of rotatable bonds is 11. The Kier molecular flexibility index (Phi) is 9.05. The molecule has 0 heterocycles. The summed E-state index contributed by atoms with van der Waals surface area (Å²) >= 11 is 0. The fourth-order valence-electron chi connectivity index (χ4n) is 2.72. The number of hydrogen-bond acceptors (Lipinski definition) is 5. The number of carbonyl (C=O) groups excluding carboxylic acids is 2. The zero-order valence-electron chi connectivity index (χ0n) is 17.7. The summed E-state index contributed by atoms with van der Waals surface area (Å²) < 4.78 is 39.7. The summed E-state index contributed by atoms with van der Waals surface area (Å²) in [5.74, 6) is 0.319. The van der Waals surface area contributed by atoms with Crippen LogP contribution in [0, 0.1) is 0 Å². The number of halogens is 2. The van der Waals surface area contributed by atoms with E-state index in [1.54, 1.807) is 37.4 Å². The van der Waals surface area contributed by atoms with E-state index in [1.165, 1.54) is 17.0 Å². The Labute approximate surface area is 179 Å². The molecule has 7 nitrogen and oxygen atoms in total. The van der Waals surface area contributed by atoms with Crippen LogP contribution in [-0.2, 0) is 11.3 Å². The van der Waals surface area contributed by atoms with Gasteiger partial charge < -0.3 is 24.4 Å².